The van der Waals surface area contributed by atoms with Gasteiger partial charge in [0.1, 0.15) is 11.4 Å². The highest BCUT2D eigenvalue weighted by Crippen LogP contribution is 2.31. The van der Waals surface area contributed by atoms with E-state index in [0.717, 1.165) is 11.0 Å². The van der Waals surface area contributed by atoms with Crippen LogP contribution in [-0.2, 0) is 13.6 Å². The van der Waals surface area contributed by atoms with Gasteiger partial charge in [0.05, 0.1) is 19.4 Å². The Labute approximate surface area is 168 Å². The highest BCUT2D eigenvalue weighted by atomic mass is 16.5. The minimum atomic E-state index is -0.598. The molecule has 1 aliphatic rings. The van der Waals surface area contributed by atoms with Crippen LogP contribution in [0.1, 0.15) is 42.6 Å². The fourth-order valence-corrected chi connectivity index (χ4v) is 3.23. The number of nitrogens with zero attached hydrogens (tertiary/aromatic N) is 2. The first-order valence-corrected chi connectivity index (χ1v) is 9.61. The number of rotatable bonds is 7. The first-order chi connectivity index (χ1) is 13.9. The summed E-state index contributed by atoms with van der Waals surface area (Å²) >= 11 is 0. The molecule has 0 atom stereocenters. The molecule has 0 radical (unpaired) electrons. The van der Waals surface area contributed by atoms with Gasteiger partial charge in [0.2, 0.25) is 5.78 Å². The molecule has 0 saturated heterocycles. The molecule has 2 aromatic rings. The number of carbonyl (C=O) groups excluding carboxylic acids is 1. The third-order valence-corrected chi connectivity index (χ3v) is 4.68. The summed E-state index contributed by atoms with van der Waals surface area (Å²) in [5, 5.41) is 2.97. The number of allylic oxidation sites excluding steroid dienone is 1. The Morgan fingerprint density at radius 2 is 1.86 bits per heavy atom. The molecular formula is C21H25N3O5. The van der Waals surface area contributed by atoms with Crippen LogP contribution in [0.15, 0.2) is 33.5 Å². The van der Waals surface area contributed by atoms with Gasteiger partial charge < -0.3 is 14.8 Å². The lowest BCUT2D eigenvalue weighted by molar-refractivity contribution is 0.104. The monoisotopic (exact) mass is 399 g/mol. The highest BCUT2D eigenvalue weighted by Gasteiger charge is 2.32. The lowest BCUT2D eigenvalue weighted by Gasteiger charge is -2.12. The first-order valence-electron chi connectivity index (χ1n) is 9.61. The van der Waals surface area contributed by atoms with Crippen LogP contribution >= 0.6 is 0 Å². The summed E-state index contributed by atoms with van der Waals surface area (Å²) < 4.78 is 13.4. The Kier molecular flexibility index (Phi) is 5.91. The van der Waals surface area contributed by atoms with Gasteiger partial charge in [-0.25, -0.2) is 4.79 Å². The van der Waals surface area contributed by atoms with Crippen molar-refractivity contribution in [2.24, 2.45) is 7.05 Å². The Morgan fingerprint density at radius 3 is 2.52 bits per heavy atom. The summed E-state index contributed by atoms with van der Waals surface area (Å²) in [4.78, 5) is 37.8. The van der Waals surface area contributed by atoms with Gasteiger partial charge in [-0.1, -0.05) is 19.9 Å². The molecule has 1 aromatic carbocycles. The van der Waals surface area contributed by atoms with E-state index < -0.39 is 17.0 Å². The number of hydrogen-bond acceptors (Lipinski definition) is 6. The molecule has 0 unspecified atom stereocenters. The van der Waals surface area contributed by atoms with Crippen molar-refractivity contribution in [2.75, 3.05) is 19.0 Å². The largest absolute Gasteiger partial charge is 0.493 e. The Hall–Kier alpha value is -3.29. The second-order valence-electron chi connectivity index (χ2n) is 6.79. The predicted octanol–water partition coefficient (Wildman–Crippen LogP) is 2.40. The number of fused-ring (bicyclic) bond motifs is 1. The van der Waals surface area contributed by atoms with E-state index in [1.165, 1.54) is 11.6 Å². The zero-order valence-corrected chi connectivity index (χ0v) is 17.1. The van der Waals surface area contributed by atoms with E-state index >= 15 is 0 Å². The van der Waals surface area contributed by atoms with Crippen LogP contribution < -0.4 is 26.0 Å². The molecule has 1 aliphatic heterocycles. The number of ether oxygens (including phenoxy) is 2. The SMILES string of the molecule is CCCOc1ccc(/C=C2/Nc3c(c(=O)n(C)c(=O)n3CCC)C2=O)cc1OC. The first kappa shape index (κ1) is 20.4. The Bertz CT molecular complexity index is 1090. The summed E-state index contributed by atoms with van der Waals surface area (Å²) in [7, 11) is 2.93. The third-order valence-electron chi connectivity index (χ3n) is 4.68. The van der Waals surface area contributed by atoms with Crippen LogP contribution in [0, 0.1) is 0 Å². The van der Waals surface area contributed by atoms with Gasteiger partial charge in [-0.05, 0) is 36.6 Å². The van der Waals surface area contributed by atoms with Gasteiger partial charge in [-0.2, -0.15) is 0 Å². The smallest absolute Gasteiger partial charge is 0.332 e. The maximum Gasteiger partial charge on any atom is 0.332 e. The second-order valence-corrected chi connectivity index (χ2v) is 6.79. The average molecular weight is 399 g/mol. The molecule has 1 N–H and O–H groups in total. The minimum Gasteiger partial charge on any atom is -0.493 e. The third kappa shape index (κ3) is 3.70. The van der Waals surface area contributed by atoms with E-state index in [1.807, 2.05) is 13.8 Å². The molecule has 29 heavy (non-hydrogen) atoms. The van der Waals surface area contributed by atoms with Gasteiger partial charge in [-0.3, -0.25) is 18.7 Å². The van der Waals surface area contributed by atoms with Crippen LogP contribution in [0.4, 0.5) is 5.82 Å². The molecule has 3 rings (SSSR count). The van der Waals surface area contributed by atoms with Gasteiger partial charge in [0, 0.05) is 13.6 Å². The predicted molar refractivity (Wildman–Crippen MR) is 111 cm³/mol. The van der Waals surface area contributed by atoms with Crippen LogP contribution in [-0.4, -0.2) is 28.6 Å². The zero-order valence-electron chi connectivity index (χ0n) is 17.1. The summed E-state index contributed by atoms with van der Waals surface area (Å²) in [5.41, 5.74) is -0.121. The lowest BCUT2D eigenvalue weighted by Crippen LogP contribution is -2.40. The number of ketones is 1. The van der Waals surface area contributed by atoms with Crippen LogP contribution in [0.5, 0.6) is 11.5 Å². The maximum atomic E-state index is 12.9. The van der Waals surface area contributed by atoms with Crippen molar-refractivity contribution in [3.05, 3.63) is 55.9 Å². The number of nitrogens with one attached hydrogen (secondary N) is 1. The standard InChI is InChI=1S/C21H25N3O5/c1-5-9-24-19-17(20(26)23(3)21(24)27)18(25)14(22-19)11-13-7-8-15(29-10-6-2)16(12-13)28-4/h7-8,11-12,22H,5-6,9-10H2,1-4H3/b14-11+. The summed E-state index contributed by atoms with van der Waals surface area (Å²) in [6, 6.07) is 5.34. The van der Waals surface area contributed by atoms with Crippen molar-refractivity contribution >= 4 is 17.7 Å². The highest BCUT2D eigenvalue weighted by molar-refractivity contribution is 6.19. The molecule has 1 aromatic heterocycles. The molecule has 8 nitrogen and oxygen atoms in total. The fourth-order valence-electron chi connectivity index (χ4n) is 3.23. The maximum absolute atomic E-state index is 12.9. The van der Waals surface area contributed by atoms with Crippen molar-refractivity contribution in [1.29, 1.82) is 0 Å². The second kappa shape index (κ2) is 8.38. The number of benzene rings is 1. The molecule has 0 aliphatic carbocycles. The minimum absolute atomic E-state index is 0.0123. The van der Waals surface area contributed by atoms with E-state index in [0.29, 0.717) is 36.6 Å². The molecule has 2 heterocycles. The number of methoxy groups -OCH3 is 1. The molecule has 0 spiro atoms. The zero-order chi connectivity index (χ0) is 21.1. The Balaban J connectivity index is 2.03. The Morgan fingerprint density at radius 1 is 1.10 bits per heavy atom. The van der Waals surface area contributed by atoms with Gasteiger partial charge >= 0.3 is 5.69 Å². The number of Topliss-reactive ketones (excluding diaryl/α,β-unsaturated/α-hetero) is 1. The molecular weight excluding hydrogens is 374 g/mol. The topological polar surface area (TPSA) is 91.6 Å². The molecule has 8 heteroatoms. The van der Waals surface area contributed by atoms with Crippen molar-refractivity contribution in [3.8, 4) is 11.5 Å². The van der Waals surface area contributed by atoms with E-state index in [4.69, 9.17) is 9.47 Å². The normalized spacial score (nSPS) is 14.1. The average Bonchev–Trinajstić information content (AvgIpc) is 3.04. The van der Waals surface area contributed by atoms with E-state index in [-0.39, 0.29) is 17.1 Å². The number of aromatic nitrogens is 2. The fraction of sp³-hybridized carbons (Fsp3) is 0.381. The molecule has 0 amide bonds. The van der Waals surface area contributed by atoms with E-state index in [9.17, 15) is 14.4 Å². The summed E-state index contributed by atoms with van der Waals surface area (Å²) in [6.07, 6.45) is 3.20. The molecule has 0 saturated carbocycles. The van der Waals surface area contributed by atoms with E-state index in [2.05, 4.69) is 5.32 Å². The molecule has 0 bridgehead atoms. The number of anilines is 1. The summed E-state index contributed by atoms with van der Waals surface area (Å²) in [5.74, 6) is 0.993. The lowest BCUT2D eigenvalue weighted by atomic mass is 10.1. The molecule has 154 valence electrons. The van der Waals surface area contributed by atoms with Gasteiger partial charge in [-0.15, -0.1) is 0 Å². The quantitative estimate of drug-likeness (QED) is 0.719. The van der Waals surface area contributed by atoms with E-state index in [1.54, 1.807) is 31.4 Å². The van der Waals surface area contributed by atoms with Gasteiger partial charge in [0.25, 0.3) is 5.56 Å². The van der Waals surface area contributed by atoms with Crippen LogP contribution in [0.2, 0.25) is 0 Å². The van der Waals surface area contributed by atoms with Crippen LogP contribution in [0.3, 0.4) is 0 Å². The van der Waals surface area contributed by atoms with Crippen molar-refractivity contribution < 1.29 is 14.3 Å². The molecule has 0 fully saturated rings. The number of hydrogen-bond donors (Lipinski definition) is 1. The number of carbonyl (C=O) groups is 1. The summed E-state index contributed by atoms with van der Waals surface area (Å²) in [6.45, 7) is 4.92. The van der Waals surface area contributed by atoms with Crippen LogP contribution in [0.25, 0.3) is 6.08 Å². The van der Waals surface area contributed by atoms with Crippen molar-refractivity contribution in [1.82, 2.24) is 9.13 Å². The van der Waals surface area contributed by atoms with Gasteiger partial charge in [0.15, 0.2) is 11.5 Å². The van der Waals surface area contributed by atoms with Crippen molar-refractivity contribution in [2.45, 2.75) is 33.2 Å². The van der Waals surface area contributed by atoms with Crippen molar-refractivity contribution in [3.63, 3.8) is 0 Å².